The Labute approximate surface area is 150 Å². The van der Waals surface area contributed by atoms with Gasteiger partial charge in [-0.05, 0) is 17.7 Å². The van der Waals surface area contributed by atoms with Crippen LogP contribution in [0.25, 0.3) is 16.7 Å². The molecular weight excluding hydrogens is 356 g/mol. The maximum absolute atomic E-state index is 12.4. The number of benzene rings is 1. The zero-order valence-corrected chi connectivity index (χ0v) is 13.9. The molecule has 0 atom stereocenters. The van der Waals surface area contributed by atoms with Crippen LogP contribution in [-0.2, 0) is 6.54 Å². The number of rotatable bonds is 4. The number of hydrogen-bond acceptors (Lipinski definition) is 8. The zero-order chi connectivity index (χ0) is 19.1. The first kappa shape index (κ1) is 16.4. The van der Waals surface area contributed by atoms with E-state index in [4.69, 9.17) is 4.42 Å². The van der Waals surface area contributed by atoms with Crippen molar-refractivity contribution in [1.29, 1.82) is 0 Å². The quantitative estimate of drug-likeness (QED) is 0.476. The summed E-state index contributed by atoms with van der Waals surface area (Å²) in [4.78, 5) is 31.9. The monoisotopic (exact) mass is 368 g/mol. The van der Waals surface area contributed by atoms with E-state index in [9.17, 15) is 19.8 Å². The van der Waals surface area contributed by atoms with Gasteiger partial charge in [-0.3, -0.25) is 4.79 Å². The normalized spacial score (nSPS) is 11.1. The highest BCUT2D eigenvalue weighted by Gasteiger charge is 2.20. The Hall–Kier alpha value is -4.02. The maximum Gasteiger partial charge on any atom is 0.354 e. The van der Waals surface area contributed by atoms with Gasteiger partial charge in [0.05, 0.1) is 0 Å². The standard InChI is InChI=1S/C16H12N6O5/c1-7-18-9-4-8(2-3-12(9)27-7)6-17-14(23)10-5-11(16(25)26)22-13(19-10)15(24)20-21-22/h2-5,24H,6H2,1H3,(H,17,23)(H,25,26). The molecule has 0 unspecified atom stereocenters. The first-order valence-corrected chi connectivity index (χ1v) is 7.75. The zero-order valence-electron chi connectivity index (χ0n) is 13.9. The molecule has 27 heavy (non-hydrogen) atoms. The molecule has 3 heterocycles. The Balaban J connectivity index is 1.60. The van der Waals surface area contributed by atoms with E-state index >= 15 is 0 Å². The Bertz CT molecular complexity index is 1210. The predicted octanol–water partition coefficient (Wildman–Crippen LogP) is 0.908. The second kappa shape index (κ2) is 6.05. The highest BCUT2D eigenvalue weighted by atomic mass is 16.4. The molecule has 0 saturated heterocycles. The number of aromatic hydroxyl groups is 1. The van der Waals surface area contributed by atoms with Gasteiger partial charge in [0.25, 0.3) is 11.8 Å². The average molecular weight is 368 g/mol. The number of aromatic carboxylic acids is 1. The van der Waals surface area contributed by atoms with E-state index in [1.54, 1.807) is 25.1 Å². The number of nitrogens with zero attached hydrogens (tertiary/aromatic N) is 5. The van der Waals surface area contributed by atoms with Gasteiger partial charge in [-0.1, -0.05) is 16.4 Å². The predicted molar refractivity (Wildman–Crippen MR) is 89.3 cm³/mol. The molecule has 0 fully saturated rings. The van der Waals surface area contributed by atoms with E-state index in [0.717, 1.165) is 16.1 Å². The van der Waals surface area contributed by atoms with Crippen molar-refractivity contribution in [3.05, 3.63) is 47.1 Å². The summed E-state index contributed by atoms with van der Waals surface area (Å²) >= 11 is 0. The van der Waals surface area contributed by atoms with Gasteiger partial charge < -0.3 is 19.9 Å². The number of fused-ring (bicyclic) bond motifs is 2. The fraction of sp³-hybridized carbons (Fsp3) is 0.125. The van der Waals surface area contributed by atoms with Gasteiger partial charge in [0.1, 0.15) is 11.2 Å². The van der Waals surface area contributed by atoms with Crippen LogP contribution in [0.1, 0.15) is 32.4 Å². The summed E-state index contributed by atoms with van der Waals surface area (Å²) < 4.78 is 6.24. The maximum atomic E-state index is 12.4. The van der Waals surface area contributed by atoms with Crippen molar-refractivity contribution < 1.29 is 24.2 Å². The van der Waals surface area contributed by atoms with Crippen LogP contribution in [0.15, 0.2) is 28.7 Å². The Morgan fingerprint density at radius 3 is 2.85 bits per heavy atom. The smallest absolute Gasteiger partial charge is 0.354 e. The molecule has 4 rings (SSSR count). The van der Waals surface area contributed by atoms with Gasteiger partial charge in [-0.15, -0.1) is 0 Å². The molecule has 0 aliphatic heterocycles. The number of oxazole rings is 1. The molecule has 0 aliphatic carbocycles. The highest BCUT2D eigenvalue weighted by Crippen LogP contribution is 2.17. The second-order valence-electron chi connectivity index (χ2n) is 5.70. The Morgan fingerprint density at radius 2 is 2.07 bits per heavy atom. The summed E-state index contributed by atoms with van der Waals surface area (Å²) in [5, 5.41) is 28.4. The lowest BCUT2D eigenvalue weighted by Gasteiger charge is -2.06. The lowest BCUT2D eigenvalue weighted by atomic mass is 10.2. The van der Waals surface area contributed by atoms with E-state index in [-0.39, 0.29) is 23.6 Å². The van der Waals surface area contributed by atoms with Crippen LogP contribution in [0.3, 0.4) is 0 Å². The van der Waals surface area contributed by atoms with Gasteiger partial charge >= 0.3 is 5.97 Å². The third kappa shape index (κ3) is 2.90. The molecule has 0 radical (unpaired) electrons. The number of carbonyl (C=O) groups excluding carboxylic acids is 1. The molecule has 11 heteroatoms. The highest BCUT2D eigenvalue weighted by molar-refractivity contribution is 5.96. The first-order valence-electron chi connectivity index (χ1n) is 7.75. The summed E-state index contributed by atoms with van der Waals surface area (Å²) in [6.07, 6.45) is 0. The number of carboxylic acids is 1. The molecule has 0 spiro atoms. The molecule has 4 aromatic rings. The van der Waals surface area contributed by atoms with Crippen LogP contribution < -0.4 is 5.32 Å². The van der Waals surface area contributed by atoms with Crippen molar-refractivity contribution in [1.82, 2.24) is 30.1 Å². The SMILES string of the molecule is Cc1nc2cc(CNC(=O)c3cc(C(=O)O)n4nnc(O)c4n3)ccc2o1. The summed E-state index contributed by atoms with van der Waals surface area (Å²) in [6, 6.07) is 6.36. The first-order chi connectivity index (χ1) is 12.9. The number of carboxylic acid groups (broad SMARTS) is 1. The summed E-state index contributed by atoms with van der Waals surface area (Å²) in [5.74, 6) is -1.98. The fourth-order valence-corrected chi connectivity index (χ4v) is 2.61. The molecule has 136 valence electrons. The lowest BCUT2D eigenvalue weighted by molar-refractivity contribution is 0.0687. The number of hydrogen-bond donors (Lipinski definition) is 3. The van der Waals surface area contributed by atoms with E-state index in [0.29, 0.717) is 17.0 Å². The van der Waals surface area contributed by atoms with Crippen molar-refractivity contribution in [3.63, 3.8) is 0 Å². The van der Waals surface area contributed by atoms with Crippen LogP contribution in [0.5, 0.6) is 5.88 Å². The Morgan fingerprint density at radius 1 is 1.26 bits per heavy atom. The van der Waals surface area contributed by atoms with Gasteiger partial charge in [0, 0.05) is 19.5 Å². The molecule has 11 nitrogen and oxygen atoms in total. The number of nitrogens with one attached hydrogen (secondary N) is 1. The summed E-state index contributed by atoms with van der Waals surface area (Å²) in [5.41, 5.74) is 1.33. The summed E-state index contributed by atoms with van der Waals surface area (Å²) in [6.45, 7) is 1.91. The van der Waals surface area contributed by atoms with E-state index in [1.165, 1.54) is 0 Å². The topological polar surface area (TPSA) is 156 Å². The van der Waals surface area contributed by atoms with Gasteiger partial charge in [-0.25, -0.2) is 14.8 Å². The fourth-order valence-electron chi connectivity index (χ4n) is 2.61. The molecule has 3 N–H and O–H groups in total. The molecule has 0 aliphatic rings. The van der Waals surface area contributed by atoms with Gasteiger partial charge in [-0.2, -0.15) is 4.52 Å². The largest absolute Gasteiger partial charge is 0.489 e. The Kier molecular flexibility index (Phi) is 3.69. The van der Waals surface area contributed by atoms with Crippen molar-refractivity contribution >= 4 is 28.6 Å². The minimum Gasteiger partial charge on any atom is -0.489 e. The van der Waals surface area contributed by atoms with Crippen molar-refractivity contribution in [2.24, 2.45) is 0 Å². The van der Waals surface area contributed by atoms with Crippen LogP contribution >= 0.6 is 0 Å². The number of aryl methyl sites for hydroxylation is 1. The third-order valence-electron chi connectivity index (χ3n) is 3.82. The van der Waals surface area contributed by atoms with E-state index < -0.39 is 17.8 Å². The van der Waals surface area contributed by atoms with Gasteiger partial charge in [0.15, 0.2) is 17.2 Å². The van der Waals surface area contributed by atoms with Crippen LogP contribution in [-0.4, -0.2) is 46.9 Å². The van der Waals surface area contributed by atoms with Crippen molar-refractivity contribution in [2.75, 3.05) is 0 Å². The minimum absolute atomic E-state index is 0.166. The molecule has 1 amide bonds. The average Bonchev–Trinajstić information content (AvgIpc) is 3.20. The lowest BCUT2D eigenvalue weighted by Crippen LogP contribution is -2.25. The minimum atomic E-state index is -1.34. The van der Waals surface area contributed by atoms with Crippen molar-refractivity contribution in [3.8, 4) is 5.88 Å². The number of carbonyl (C=O) groups is 2. The molecule has 3 aromatic heterocycles. The number of aromatic nitrogens is 5. The second-order valence-corrected chi connectivity index (χ2v) is 5.70. The molecule has 0 bridgehead atoms. The van der Waals surface area contributed by atoms with E-state index in [2.05, 4.69) is 25.6 Å². The number of amides is 1. The third-order valence-corrected chi connectivity index (χ3v) is 3.82. The van der Waals surface area contributed by atoms with Crippen LogP contribution in [0.4, 0.5) is 0 Å². The van der Waals surface area contributed by atoms with E-state index in [1.807, 2.05) is 0 Å². The molecular formula is C16H12N6O5. The van der Waals surface area contributed by atoms with Crippen molar-refractivity contribution in [2.45, 2.75) is 13.5 Å². The van der Waals surface area contributed by atoms with Gasteiger partial charge in [0.2, 0.25) is 5.65 Å². The summed E-state index contributed by atoms with van der Waals surface area (Å²) in [7, 11) is 0. The van der Waals surface area contributed by atoms with Crippen LogP contribution in [0.2, 0.25) is 0 Å². The molecule has 1 aromatic carbocycles. The molecule has 0 saturated carbocycles. The van der Waals surface area contributed by atoms with Crippen LogP contribution in [0, 0.1) is 6.92 Å².